The van der Waals surface area contributed by atoms with E-state index in [4.69, 9.17) is 24.2 Å². The van der Waals surface area contributed by atoms with Gasteiger partial charge in [-0.05, 0) is 73.8 Å². The number of aromatic nitrogens is 2. The van der Waals surface area contributed by atoms with Crippen LogP contribution < -0.4 is 14.8 Å². The molecule has 2 bridgehead atoms. The summed E-state index contributed by atoms with van der Waals surface area (Å²) in [6.07, 6.45) is 7.96. The molecule has 1 N–H and O–H groups in total. The molecule has 2 aliphatic heterocycles. The Labute approximate surface area is 265 Å². The molecule has 4 fully saturated rings. The minimum Gasteiger partial charge on any atom is -0.497 e. The number of nitrogens with one attached hydrogen (secondary N) is 1. The Bertz CT molecular complexity index is 1500. The highest BCUT2D eigenvalue weighted by Gasteiger charge is 2.55. The molecule has 3 saturated carbocycles. The zero-order chi connectivity index (χ0) is 31.7. The smallest absolute Gasteiger partial charge is 0.408 e. The van der Waals surface area contributed by atoms with Gasteiger partial charge in [0.1, 0.15) is 36.0 Å². The Morgan fingerprint density at radius 1 is 1.02 bits per heavy atom. The number of methoxy groups -OCH3 is 1. The molecule has 3 heterocycles. The number of benzene rings is 1. The van der Waals surface area contributed by atoms with Crippen LogP contribution in [0.2, 0.25) is 0 Å². The first kappa shape index (κ1) is 30.2. The Morgan fingerprint density at radius 3 is 2.53 bits per heavy atom. The van der Waals surface area contributed by atoms with Gasteiger partial charge in [-0.3, -0.25) is 4.79 Å². The van der Waals surface area contributed by atoms with Crippen molar-refractivity contribution >= 4 is 29.3 Å². The monoisotopic (exact) mass is 618 g/mol. The Hall–Kier alpha value is -3.43. The van der Waals surface area contributed by atoms with Gasteiger partial charge in [-0.15, -0.1) is 0 Å². The Balaban J connectivity index is 1.27. The number of aldehydes is 1. The Kier molecular flexibility index (Phi) is 7.47. The average Bonchev–Trinajstić information content (AvgIpc) is 3.91. The Morgan fingerprint density at radius 2 is 1.82 bits per heavy atom. The molecule has 45 heavy (non-hydrogen) atoms. The number of hydrogen-bond acceptors (Lipinski definition) is 8. The lowest BCUT2D eigenvalue weighted by Gasteiger charge is -2.35. The molecule has 242 valence electrons. The first-order valence-corrected chi connectivity index (χ1v) is 16.8. The third-order valence-corrected chi connectivity index (χ3v) is 11.4. The summed E-state index contributed by atoms with van der Waals surface area (Å²) in [5.41, 5.74) is 1.64. The lowest BCUT2D eigenvalue weighted by atomic mass is 9.85. The third-order valence-electron chi connectivity index (χ3n) is 11.4. The fraction of sp³-hybridized carbons (Fsp3) is 0.686. The van der Waals surface area contributed by atoms with Crippen molar-refractivity contribution in [2.45, 2.75) is 109 Å². The second-order valence-corrected chi connectivity index (χ2v) is 15.3. The van der Waals surface area contributed by atoms with Crippen molar-refractivity contribution in [3.63, 3.8) is 0 Å². The summed E-state index contributed by atoms with van der Waals surface area (Å²) in [4.78, 5) is 51.8. The van der Waals surface area contributed by atoms with Gasteiger partial charge in [0.25, 0.3) is 0 Å². The maximum absolute atomic E-state index is 14.2. The van der Waals surface area contributed by atoms with E-state index in [0.717, 1.165) is 62.4 Å². The fourth-order valence-corrected chi connectivity index (χ4v) is 8.33. The number of ether oxygens (including phenoxy) is 3. The second-order valence-electron chi connectivity index (χ2n) is 15.3. The molecule has 2 unspecified atom stereocenters. The van der Waals surface area contributed by atoms with Gasteiger partial charge in [-0.2, -0.15) is 0 Å². The van der Waals surface area contributed by atoms with Crippen LogP contribution in [0.1, 0.15) is 84.8 Å². The molecule has 7 rings (SSSR count). The number of nitrogens with zero attached hydrogens (tertiary/aromatic N) is 3. The van der Waals surface area contributed by atoms with E-state index in [1.807, 2.05) is 45.9 Å². The van der Waals surface area contributed by atoms with E-state index >= 15 is 0 Å². The number of alkyl carbamates (subject to hydrolysis) is 1. The van der Waals surface area contributed by atoms with Gasteiger partial charge in [0.15, 0.2) is 0 Å². The maximum Gasteiger partial charge on any atom is 0.408 e. The molecule has 0 radical (unpaired) electrons. The zero-order valence-electron chi connectivity index (χ0n) is 27.1. The van der Waals surface area contributed by atoms with Crippen molar-refractivity contribution in [1.82, 2.24) is 20.2 Å². The predicted octanol–water partition coefficient (Wildman–Crippen LogP) is 5.20. The van der Waals surface area contributed by atoms with Crippen molar-refractivity contribution in [2.75, 3.05) is 13.7 Å². The highest BCUT2D eigenvalue weighted by atomic mass is 16.6. The van der Waals surface area contributed by atoms with E-state index in [9.17, 15) is 14.4 Å². The number of amides is 2. The first-order chi connectivity index (χ1) is 21.5. The van der Waals surface area contributed by atoms with Crippen molar-refractivity contribution in [3.05, 3.63) is 23.9 Å². The quantitative estimate of drug-likeness (QED) is 0.456. The second kappa shape index (κ2) is 11.1. The average molecular weight is 619 g/mol. The van der Waals surface area contributed by atoms with Crippen LogP contribution in [0.25, 0.3) is 11.0 Å². The zero-order valence-corrected chi connectivity index (χ0v) is 27.1. The van der Waals surface area contributed by atoms with Gasteiger partial charge in [0.05, 0.1) is 30.7 Å². The highest BCUT2D eigenvalue weighted by molar-refractivity contribution is 5.89. The minimum absolute atomic E-state index is 0.103. The van der Waals surface area contributed by atoms with Gasteiger partial charge in [-0.1, -0.05) is 40.5 Å². The van der Waals surface area contributed by atoms with Crippen LogP contribution >= 0.6 is 0 Å². The van der Waals surface area contributed by atoms with Gasteiger partial charge in [0, 0.05) is 17.4 Å². The molecular weight excluding hydrogens is 572 g/mol. The van der Waals surface area contributed by atoms with Crippen molar-refractivity contribution in [3.8, 4) is 11.6 Å². The SMILES string of the molecule is COc1ccc2nc3c(nc2c1)O[C@H]1CN(C(=O)[C@H](C(C)(C)C)NC(=O)O[C@@H]2CC4CC4[C@H]2CCCCC32CC2)[C@H](C=O)[C@@H]1C. The molecule has 10 heteroatoms. The van der Waals surface area contributed by atoms with Crippen molar-refractivity contribution in [1.29, 1.82) is 0 Å². The number of fused-ring (bicyclic) bond motifs is 8. The topological polar surface area (TPSA) is 120 Å². The van der Waals surface area contributed by atoms with E-state index < -0.39 is 29.7 Å². The van der Waals surface area contributed by atoms with Crippen molar-refractivity contribution in [2.24, 2.45) is 29.1 Å². The van der Waals surface area contributed by atoms with Crippen LogP contribution in [-0.2, 0) is 19.7 Å². The molecule has 1 saturated heterocycles. The van der Waals surface area contributed by atoms with E-state index in [2.05, 4.69) is 5.32 Å². The summed E-state index contributed by atoms with van der Waals surface area (Å²) in [5.74, 6) is 2.19. The predicted molar refractivity (Wildman–Crippen MR) is 167 cm³/mol. The van der Waals surface area contributed by atoms with E-state index in [1.54, 1.807) is 12.0 Å². The van der Waals surface area contributed by atoms with E-state index in [0.29, 0.717) is 34.9 Å². The van der Waals surface area contributed by atoms with Crippen molar-refractivity contribution < 1.29 is 28.6 Å². The van der Waals surface area contributed by atoms with Crippen LogP contribution in [0.4, 0.5) is 4.79 Å². The number of carbonyl (C=O) groups excluding carboxylic acids is 3. The van der Waals surface area contributed by atoms with Crippen LogP contribution in [0.15, 0.2) is 18.2 Å². The number of hydrogen-bond donors (Lipinski definition) is 1. The summed E-state index contributed by atoms with van der Waals surface area (Å²) in [6, 6.07) is 4.13. The van der Waals surface area contributed by atoms with Gasteiger partial charge < -0.3 is 29.2 Å². The normalized spacial score (nSPS) is 34.4. The molecule has 1 spiro atoms. The summed E-state index contributed by atoms with van der Waals surface area (Å²) >= 11 is 0. The molecule has 2 amide bonds. The maximum atomic E-state index is 14.2. The van der Waals surface area contributed by atoms with Crippen LogP contribution in [-0.4, -0.2) is 71.1 Å². The van der Waals surface area contributed by atoms with E-state index in [-0.39, 0.29) is 29.9 Å². The number of carbonyl (C=O) groups is 3. The summed E-state index contributed by atoms with van der Waals surface area (Å²) < 4.78 is 18.2. The largest absolute Gasteiger partial charge is 0.497 e. The third kappa shape index (κ3) is 5.52. The first-order valence-electron chi connectivity index (χ1n) is 16.8. The van der Waals surface area contributed by atoms with Gasteiger partial charge in [-0.25, -0.2) is 14.8 Å². The lowest BCUT2D eigenvalue weighted by Crippen LogP contribution is -2.56. The minimum atomic E-state index is -0.870. The van der Waals surface area contributed by atoms with Crippen LogP contribution in [0.3, 0.4) is 0 Å². The van der Waals surface area contributed by atoms with Gasteiger partial charge in [0.2, 0.25) is 11.8 Å². The summed E-state index contributed by atoms with van der Waals surface area (Å²) in [5, 5.41) is 2.92. The molecule has 3 aliphatic carbocycles. The molecular formula is C35H46N4O6. The highest BCUT2D eigenvalue weighted by Crippen LogP contribution is 2.58. The summed E-state index contributed by atoms with van der Waals surface area (Å²) in [6.45, 7) is 7.88. The standard InChI is InChI=1S/C35H46N4O6/c1-19-26(18-40)39-17-28(19)44-31-29(36-24-10-9-21(43-5)16-25(24)37-31)35(12-13-35)11-7-6-8-22-23-14-20(23)15-27(22)45-33(42)38-30(32(39)41)34(2,3)4/h9-10,16,18-20,22-23,26-28,30H,6-8,11-15,17H2,1-5H3,(H,38,42)/t19-,20?,22+,23?,26+,27+,28-,30+/m0/s1. The molecule has 2 aromatic rings. The molecule has 1 aromatic heterocycles. The fourth-order valence-electron chi connectivity index (χ4n) is 8.33. The lowest BCUT2D eigenvalue weighted by molar-refractivity contribution is -0.139. The van der Waals surface area contributed by atoms with Crippen LogP contribution in [0, 0.1) is 29.1 Å². The molecule has 8 atom stereocenters. The van der Waals surface area contributed by atoms with Gasteiger partial charge >= 0.3 is 6.09 Å². The number of rotatable bonds is 2. The molecule has 5 aliphatic rings. The molecule has 1 aromatic carbocycles. The van der Waals surface area contributed by atoms with Crippen LogP contribution in [0.5, 0.6) is 11.6 Å². The summed E-state index contributed by atoms with van der Waals surface area (Å²) in [7, 11) is 1.63. The van der Waals surface area contributed by atoms with E-state index in [1.165, 1.54) is 6.42 Å². The molecule has 10 nitrogen and oxygen atoms in total.